The highest BCUT2D eigenvalue weighted by Gasteiger charge is 2.39. The van der Waals surface area contributed by atoms with Gasteiger partial charge in [0.15, 0.2) is 0 Å². The van der Waals surface area contributed by atoms with E-state index in [-0.39, 0.29) is 48.3 Å². The molecule has 0 saturated carbocycles. The van der Waals surface area contributed by atoms with Gasteiger partial charge in [0.05, 0.1) is 7.11 Å². The number of carbonyl (C=O) groups excluding carboxylic acids is 2. The summed E-state index contributed by atoms with van der Waals surface area (Å²) in [7, 11) is 1.39. The van der Waals surface area contributed by atoms with E-state index in [2.05, 4.69) is 15.5 Å². The Balaban J connectivity index is 0.00000363. The van der Waals surface area contributed by atoms with Crippen molar-refractivity contribution in [2.75, 3.05) is 26.7 Å². The first-order chi connectivity index (χ1) is 14.7. The smallest absolute Gasteiger partial charge is 0.407 e. The first kappa shape index (κ1) is 26.4. The molecule has 2 N–H and O–H groups in total. The number of amides is 1. The predicted molar refractivity (Wildman–Crippen MR) is 123 cm³/mol. The van der Waals surface area contributed by atoms with Gasteiger partial charge in [-0.3, -0.25) is 9.69 Å². The molecule has 180 valence electrons. The van der Waals surface area contributed by atoms with Gasteiger partial charge in [0.2, 0.25) is 0 Å². The van der Waals surface area contributed by atoms with Crippen LogP contribution >= 0.6 is 12.4 Å². The van der Waals surface area contributed by atoms with E-state index in [4.69, 9.17) is 9.47 Å². The molecule has 1 aromatic carbocycles. The van der Waals surface area contributed by atoms with Crippen LogP contribution in [0.15, 0.2) is 24.3 Å². The molecule has 3 unspecified atom stereocenters. The molecule has 32 heavy (non-hydrogen) atoms. The van der Waals surface area contributed by atoms with Gasteiger partial charge in [-0.25, -0.2) is 9.18 Å². The van der Waals surface area contributed by atoms with Crippen molar-refractivity contribution in [3.8, 4) is 0 Å². The summed E-state index contributed by atoms with van der Waals surface area (Å²) in [5.74, 6) is -0.685. The lowest BCUT2D eigenvalue weighted by Crippen LogP contribution is -2.58. The number of rotatable bonds is 4. The van der Waals surface area contributed by atoms with E-state index < -0.39 is 11.6 Å². The van der Waals surface area contributed by atoms with Gasteiger partial charge in [-0.15, -0.1) is 12.4 Å². The lowest BCUT2D eigenvalue weighted by Gasteiger charge is -2.43. The van der Waals surface area contributed by atoms with Gasteiger partial charge in [0.25, 0.3) is 0 Å². The van der Waals surface area contributed by atoms with Crippen LogP contribution in [-0.4, -0.2) is 67.4 Å². The van der Waals surface area contributed by atoms with E-state index in [1.54, 1.807) is 12.1 Å². The van der Waals surface area contributed by atoms with Crippen molar-refractivity contribution in [3.63, 3.8) is 0 Å². The first-order valence-corrected chi connectivity index (χ1v) is 11.0. The highest BCUT2D eigenvalue weighted by atomic mass is 35.5. The van der Waals surface area contributed by atoms with Gasteiger partial charge in [-0.2, -0.15) is 0 Å². The van der Waals surface area contributed by atoms with Crippen LogP contribution in [0.1, 0.15) is 51.5 Å². The van der Waals surface area contributed by atoms with Crippen LogP contribution < -0.4 is 10.6 Å². The average molecular weight is 472 g/mol. The highest BCUT2D eigenvalue weighted by Crippen LogP contribution is 2.32. The molecule has 0 spiro atoms. The van der Waals surface area contributed by atoms with Crippen molar-refractivity contribution < 1.29 is 23.5 Å². The van der Waals surface area contributed by atoms with E-state index >= 15 is 0 Å². The zero-order valence-corrected chi connectivity index (χ0v) is 20.0. The van der Waals surface area contributed by atoms with E-state index in [9.17, 15) is 14.0 Å². The minimum absolute atomic E-state index is 0. The van der Waals surface area contributed by atoms with Crippen LogP contribution in [0.4, 0.5) is 9.18 Å². The molecule has 1 aromatic rings. The Kier molecular flexibility index (Phi) is 9.30. The van der Waals surface area contributed by atoms with Gasteiger partial charge in [-0.1, -0.05) is 12.1 Å². The number of alkyl carbamates (subject to hydrolysis) is 1. The summed E-state index contributed by atoms with van der Waals surface area (Å²) in [6, 6.07) is 6.26. The number of methoxy groups -OCH3 is 1. The van der Waals surface area contributed by atoms with Crippen molar-refractivity contribution in [1.82, 2.24) is 15.5 Å². The molecule has 0 bridgehead atoms. The van der Waals surface area contributed by atoms with Gasteiger partial charge < -0.3 is 20.1 Å². The summed E-state index contributed by atoms with van der Waals surface area (Å²) in [5, 5.41) is 6.32. The minimum atomic E-state index is -0.510. The monoisotopic (exact) mass is 471 g/mol. The lowest BCUT2D eigenvalue weighted by molar-refractivity contribution is -0.144. The maximum atomic E-state index is 13.4. The van der Waals surface area contributed by atoms with Crippen molar-refractivity contribution >= 4 is 24.5 Å². The van der Waals surface area contributed by atoms with Gasteiger partial charge in [0.1, 0.15) is 17.5 Å². The van der Waals surface area contributed by atoms with E-state index in [1.165, 1.54) is 19.2 Å². The Hall–Kier alpha value is -1.90. The number of esters is 1. The minimum Gasteiger partial charge on any atom is -0.468 e. The highest BCUT2D eigenvalue weighted by molar-refractivity contribution is 5.85. The molecule has 3 atom stereocenters. The Bertz CT molecular complexity index is 764. The third kappa shape index (κ3) is 7.05. The fraction of sp³-hybridized carbons (Fsp3) is 0.652. The molecular formula is C23H35ClFN3O4. The van der Waals surface area contributed by atoms with Crippen molar-refractivity contribution in [3.05, 3.63) is 35.6 Å². The van der Waals surface area contributed by atoms with Gasteiger partial charge in [0, 0.05) is 37.6 Å². The molecule has 9 heteroatoms. The molecule has 1 amide bonds. The van der Waals surface area contributed by atoms with E-state index in [1.807, 2.05) is 20.8 Å². The van der Waals surface area contributed by atoms with Crippen molar-refractivity contribution in [2.24, 2.45) is 0 Å². The fourth-order valence-corrected chi connectivity index (χ4v) is 4.49. The van der Waals surface area contributed by atoms with Gasteiger partial charge >= 0.3 is 12.1 Å². The van der Waals surface area contributed by atoms with Crippen LogP contribution in [-0.2, 0) is 14.3 Å². The Morgan fingerprint density at radius 3 is 2.34 bits per heavy atom. The number of hydrogen-bond donors (Lipinski definition) is 2. The summed E-state index contributed by atoms with van der Waals surface area (Å²) in [5.41, 5.74) is 0.417. The number of benzene rings is 1. The van der Waals surface area contributed by atoms with Crippen molar-refractivity contribution in [2.45, 2.75) is 69.7 Å². The quantitative estimate of drug-likeness (QED) is 0.656. The lowest BCUT2D eigenvalue weighted by atomic mass is 9.81. The molecule has 2 heterocycles. The van der Waals surface area contributed by atoms with Crippen LogP contribution in [0.3, 0.4) is 0 Å². The molecule has 2 saturated heterocycles. The van der Waals surface area contributed by atoms with Gasteiger partial charge in [-0.05, 0) is 57.7 Å². The standard InChI is InChI=1S/C23H34FN3O4.ClH/c1-23(2,3)31-22(29)26-17-9-11-27(12-10-17)18-13-19(15-5-7-16(24)8-6-15)20(25-14-18)21(28)30-4;/h5-8,17-20,25H,9-14H2,1-4H3,(H,26,29);1H. The number of nitrogens with zero attached hydrogens (tertiary/aromatic N) is 1. The topological polar surface area (TPSA) is 79.9 Å². The fourth-order valence-electron chi connectivity index (χ4n) is 4.49. The maximum Gasteiger partial charge on any atom is 0.407 e. The molecule has 2 fully saturated rings. The second-order valence-electron chi connectivity index (χ2n) is 9.41. The summed E-state index contributed by atoms with van der Waals surface area (Å²) >= 11 is 0. The molecule has 7 nitrogen and oxygen atoms in total. The number of ether oxygens (including phenoxy) is 2. The second-order valence-corrected chi connectivity index (χ2v) is 9.41. The summed E-state index contributed by atoms with van der Waals surface area (Å²) in [6.45, 7) is 7.94. The number of carbonyl (C=O) groups is 2. The zero-order valence-electron chi connectivity index (χ0n) is 19.2. The Labute approximate surface area is 195 Å². The normalized spacial score (nSPS) is 24.8. The summed E-state index contributed by atoms with van der Waals surface area (Å²) in [4.78, 5) is 26.8. The van der Waals surface area contributed by atoms with E-state index in [0.717, 1.165) is 37.9 Å². The molecule has 3 rings (SSSR count). The molecule has 0 aliphatic carbocycles. The number of piperidine rings is 2. The molecule has 0 aromatic heterocycles. The number of nitrogens with one attached hydrogen (secondary N) is 2. The molecular weight excluding hydrogens is 437 g/mol. The number of likely N-dealkylation sites (tertiary alicyclic amines) is 1. The van der Waals surface area contributed by atoms with Crippen LogP contribution in [0, 0.1) is 5.82 Å². The van der Waals surface area contributed by atoms with Crippen LogP contribution in [0.2, 0.25) is 0 Å². The second kappa shape index (κ2) is 11.3. The molecule has 2 aliphatic heterocycles. The van der Waals surface area contributed by atoms with Crippen molar-refractivity contribution in [1.29, 1.82) is 0 Å². The largest absolute Gasteiger partial charge is 0.468 e. The third-order valence-corrected chi connectivity index (χ3v) is 6.02. The first-order valence-electron chi connectivity index (χ1n) is 11.0. The SMILES string of the molecule is COC(=O)C1NCC(N2CCC(NC(=O)OC(C)(C)C)CC2)CC1c1ccc(F)cc1.Cl. The maximum absolute atomic E-state index is 13.4. The predicted octanol–water partition coefficient (Wildman–Crippen LogP) is 3.22. The Morgan fingerprint density at radius 1 is 1.16 bits per heavy atom. The molecule has 0 radical (unpaired) electrons. The number of halogens is 2. The van der Waals surface area contributed by atoms with Crippen LogP contribution in [0.5, 0.6) is 0 Å². The summed E-state index contributed by atoms with van der Waals surface area (Å²) in [6.07, 6.45) is 2.10. The number of hydrogen-bond acceptors (Lipinski definition) is 6. The van der Waals surface area contributed by atoms with Crippen LogP contribution in [0.25, 0.3) is 0 Å². The zero-order chi connectivity index (χ0) is 22.6. The summed E-state index contributed by atoms with van der Waals surface area (Å²) < 4.78 is 23.8. The van der Waals surface area contributed by atoms with E-state index in [0.29, 0.717) is 6.54 Å². The average Bonchev–Trinajstić information content (AvgIpc) is 2.72. The molecule has 2 aliphatic rings. The third-order valence-electron chi connectivity index (χ3n) is 6.02. The Morgan fingerprint density at radius 2 is 1.78 bits per heavy atom.